The van der Waals surface area contributed by atoms with Crippen molar-refractivity contribution in [3.05, 3.63) is 60.7 Å². The topological polar surface area (TPSA) is 117 Å². The number of aldehydes is 1. The number of carbonyl (C=O) groups is 2. The van der Waals surface area contributed by atoms with Crippen molar-refractivity contribution in [2.75, 3.05) is 5.32 Å². The Balaban J connectivity index is 1.47. The van der Waals surface area contributed by atoms with Gasteiger partial charge in [0.2, 0.25) is 0 Å². The number of aromatic nitrogens is 4. The Labute approximate surface area is 183 Å². The number of rotatable bonds is 5. The number of anilines is 1. The lowest BCUT2D eigenvalue weighted by atomic mass is 10.1. The highest BCUT2D eigenvalue weighted by Crippen LogP contribution is 2.44. The van der Waals surface area contributed by atoms with E-state index in [1.807, 2.05) is 19.9 Å². The predicted molar refractivity (Wildman–Crippen MR) is 113 cm³/mol. The summed E-state index contributed by atoms with van der Waals surface area (Å²) in [5.41, 5.74) is 1.40. The number of hydrogen-bond donors (Lipinski definition) is 1. The molecule has 0 bridgehead atoms. The minimum atomic E-state index is -0.801. The van der Waals surface area contributed by atoms with E-state index >= 15 is 0 Å². The van der Waals surface area contributed by atoms with Crippen molar-refractivity contribution in [2.24, 2.45) is 0 Å². The fraction of sp³-hybridized carbons (Fsp3) is 0.318. The average Bonchev–Trinajstić information content (AvgIpc) is 3.44. The van der Waals surface area contributed by atoms with Gasteiger partial charge in [-0.1, -0.05) is 18.2 Å². The first-order valence-corrected chi connectivity index (χ1v) is 10.1. The summed E-state index contributed by atoms with van der Waals surface area (Å²) in [6.45, 7) is 3.66. The summed E-state index contributed by atoms with van der Waals surface area (Å²) in [5.74, 6) is -0.811. The number of allylic oxidation sites excluding steroid dienone is 1. The molecule has 0 aliphatic carbocycles. The van der Waals surface area contributed by atoms with Crippen LogP contribution in [0, 0.1) is 0 Å². The van der Waals surface area contributed by atoms with Crippen LogP contribution in [0.5, 0.6) is 0 Å². The highest BCUT2D eigenvalue weighted by atomic mass is 16.8. The van der Waals surface area contributed by atoms with Gasteiger partial charge in [-0.05, 0) is 38.1 Å². The van der Waals surface area contributed by atoms with Crippen LogP contribution in [0.4, 0.5) is 5.82 Å². The Bertz CT molecular complexity index is 1190. The molecule has 2 aliphatic rings. The molecule has 2 fully saturated rings. The lowest BCUT2D eigenvalue weighted by Gasteiger charge is -2.23. The fourth-order valence-electron chi connectivity index (χ4n) is 4.04. The second kappa shape index (κ2) is 7.90. The molecule has 4 atom stereocenters. The van der Waals surface area contributed by atoms with E-state index in [0.717, 1.165) is 0 Å². The first-order chi connectivity index (χ1) is 15.5. The van der Waals surface area contributed by atoms with Crippen LogP contribution < -0.4 is 5.32 Å². The third-order valence-electron chi connectivity index (χ3n) is 5.35. The van der Waals surface area contributed by atoms with E-state index in [4.69, 9.17) is 14.2 Å². The Morgan fingerprint density at radius 1 is 1.12 bits per heavy atom. The molecule has 32 heavy (non-hydrogen) atoms. The monoisotopic (exact) mass is 435 g/mol. The maximum absolute atomic E-state index is 12.6. The Morgan fingerprint density at radius 3 is 2.69 bits per heavy atom. The standard InChI is InChI=1S/C22H21N5O5/c1-22(2)31-16-14(9-6-10-28)30-21(17(16)32-22)27-12-25-15-18(23-11-24-19(15)27)26-20(29)13-7-4-3-5-8-13/h3-12,14,16-17,21H,1-2H3,(H,23,24,26,29)/b9-6+/t14-,16-,17-,21-/m1/s1. The van der Waals surface area contributed by atoms with Crippen LogP contribution in [0.25, 0.3) is 11.2 Å². The second-order valence-electron chi connectivity index (χ2n) is 7.94. The van der Waals surface area contributed by atoms with Gasteiger partial charge in [-0.2, -0.15) is 0 Å². The number of benzene rings is 1. The molecule has 0 unspecified atom stereocenters. The van der Waals surface area contributed by atoms with Crippen molar-refractivity contribution in [2.45, 2.75) is 44.2 Å². The molecule has 10 heteroatoms. The molecule has 2 saturated heterocycles. The third-order valence-corrected chi connectivity index (χ3v) is 5.35. The van der Waals surface area contributed by atoms with Crippen molar-refractivity contribution < 1.29 is 23.8 Å². The van der Waals surface area contributed by atoms with Crippen LogP contribution in [0.1, 0.15) is 30.4 Å². The van der Waals surface area contributed by atoms with E-state index in [1.165, 1.54) is 12.4 Å². The van der Waals surface area contributed by atoms with Gasteiger partial charge in [0.05, 0.1) is 6.33 Å². The van der Waals surface area contributed by atoms with E-state index in [-0.39, 0.29) is 5.91 Å². The second-order valence-corrected chi connectivity index (χ2v) is 7.94. The van der Waals surface area contributed by atoms with E-state index in [2.05, 4.69) is 20.3 Å². The predicted octanol–water partition coefficient (Wildman–Crippen LogP) is 2.25. The number of ether oxygens (including phenoxy) is 3. The quantitative estimate of drug-likeness (QED) is 0.479. The van der Waals surface area contributed by atoms with Crippen LogP contribution in [0.2, 0.25) is 0 Å². The van der Waals surface area contributed by atoms with Gasteiger partial charge in [0.25, 0.3) is 5.91 Å². The summed E-state index contributed by atoms with van der Waals surface area (Å²) >= 11 is 0. The van der Waals surface area contributed by atoms with Crippen LogP contribution in [0.3, 0.4) is 0 Å². The van der Waals surface area contributed by atoms with Crippen molar-refractivity contribution in [3.63, 3.8) is 0 Å². The molecule has 3 aromatic rings. The summed E-state index contributed by atoms with van der Waals surface area (Å²) in [4.78, 5) is 36.4. The van der Waals surface area contributed by atoms with Gasteiger partial charge in [0.15, 0.2) is 29.0 Å². The van der Waals surface area contributed by atoms with E-state index in [0.29, 0.717) is 28.8 Å². The van der Waals surface area contributed by atoms with E-state index < -0.39 is 30.3 Å². The van der Waals surface area contributed by atoms with Gasteiger partial charge in [-0.15, -0.1) is 0 Å². The summed E-state index contributed by atoms with van der Waals surface area (Å²) in [6, 6.07) is 8.83. The first-order valence-electron chi connectivity index (χ1n) is 10.1. The van der Waals surface area contributed by atoms with Crippen LogP contribution in [-0.2, 0) is 19.0 Å². The Hall–Kier alpha value is -3.47. The third kappa shape index (κ3) is 3.58. The molecule has 4 heterocycles. The number of fused-ring (bicyclic) bond motifs is 2. The lowest BCUT2D eigenvalue weighted by Crippen LogP contribution is -2.28. The molecule has 0 radical (unpaired) electrons. The average molecular weight is 435 g/mol. The van der Waals surface area contributed by atoms with E-state index in [9.17, 15) is 9.59 Å². The van der Waals surface area contributed by atoms with Crippen molar-refractivity contribution in [3.8, 4) is 0 Å². The first kappa shape index (κ1) is 20.4. The number of imidazole rings is 1. The molecule has 10 nitrogen and oxygen atoms in total. The summed E-state index contributed by atoms with van der Waals surface area (Å²) < 4.78 is 20.0. The minimum absolute atomic E-state index is 0.290. The number of hydrogen-bond acceptors (Lipinski definition) is 8. The van der Waals surface area contributed by atoms with E-state index in [1.54, 1.807) is 41.2 Å². The largest absolute Gasteiger partial charge is 0.345 e. The summed E-state index contributed by atoms with van der Waals surface area (Å²) in [5, 5.41) is 2.79. The van der Waals surface area contributed by atoms with Gasteiger partial charge in [-0.3, -0.25) is 14.2 Å². The summed E-state index contributed by atoms with van der Waals surface area (Å²) in [7, 11) is 0. The normalized spacial score (nSPS) is 26.4. The SMILES string of the molecule is CC1(C)O[C@@H]2[C@H](O1)[C@@H](/C=C/C=O)O[C@H]2n1cnc2c(NC(=O)c3ccccc3)ncnc21. The van der Waals surface area contributed by atoms with Crippen molar-refractivity contribution in [1.29, 1.82) is 0 Å². The van der Waals surface area contributed by atoms with Crippen LogP contribution >= 0.6 is 0 Å². The zero-order chi connectivity index (χ0) is 22.3. The molecular weight excluding hydrogens is 414 g/mol. The van der Waals surface area contributed by atoms with Gasteiger partial charge < -0.3 is 19.5 Å². The zero-order valence-corrected chi connectivity index (χ0v) is 17.4. The molecule has 1 aromatic carbocycles. The smallest absolute Gasteiger partial charge is 0.256 e. The maximum Gasteiger partial charge on any atom is 0.256 e. The van der Waals surface area contributed by atoms with Gasteiger partial charge in [0, 0.05) is 5.56 Å². The summed E-state index contributed by atoms with van der Waals surface area (Å²) in [6.07, 6.45) is 4.72. The number of nitrogens with zero attached hydrogens (tertiary/aromatic N) is 4. The highest BCUT2D eigenvalue weighted by molar-refractivity contribution is 6.06. The zero-order valence-electron chi connectivity index (χ0n) is 17.4. The minimum Gasteiger partial charge on any atom is -0.345 e. The number of nitrogens with one attached hydrogen (secondary N) is 1. The molecule has 1 N–H and O–H groups in total. The van der Waals surface area contributed by atoms with Gasteiger partial charge >= 0.3 is 0 Å². The van der Waals surface area contributed by atoms with Crippen molar-refractivity contribution in [1.82, 2.24) is 19.5 Å². The van der Waals surface area contributed by atoms with Gasteiger partial charge in [0.1, 0.15) is 30.9 Å². The molecule has 0 spiro atoms. The van der Waals surface area contributed by atoms with Crippen LogP contribution in [0.15, 0.2) is 55.1 Å². The molecule has 2 aromatic heterocycles. The van der Waals surface area contributed by atoms with Crippen LogP contribution in [-0.4, -0.2) is 55.8 Å². The molecule has 1 amide bonds. The number of amides is 1. The molecule has 164 valence electrons. The molecule has 5 rings (SSSR count). The lowest BCUT2D eigenvalue weighted by molar-refractivity contribution is -0.191. The van der Waals surface area contributed by atoms with Crippen molar-refractivity contribution >= 4 is 29.2 Å². The highest BCUT2D eigenvalue weighted by Gasteiger charge is 2.55. The molecule has 2 aliphatic heterocycles. The fourth-order valence-corrected chi connectivity index (χ4v) is 4.04. The maximum atomic E-state index is 12.6. The molecule has 0 saturated carbocycles. The van der Waals surface area contributed by atoms with Gasteiger partial charge in [-0.25, -0.2) is 15.0 Å². The Morgan fingerprint density at radius 2 is 1.91 bits per heavy atom. The Kier molecular flexibility index (Phi) is 5.04. The molecular formula is C22H21N5O5. The number of carbonyl (C=O) groups excluding carboxylic acids is 2.